The molecule has 162 valence electrons. The van der Waals surface area contributed by atoms with Gasteiger partial charge >= 0.3 is 6.03 Å². The second kappa shape index (κ2) is 9.56. The minimum absolute atomic E-state index is 0.000181. The number of anilines is 2. The minimum Gasteiger partial charge on any atom is -0.307 e. The molecule has 31 heavy (non-hydrogen) atoms. The summed E-state index contributed by atoms with van der Waals surface area (Å²) in [6.45, 7) is 3.92. The van der Waals surface area contributed by atoms with Crippen molar-refractivity contribution >= 4 is 45.7 Å². The van der Waals surface area contributed by atoms with E-state index < -0.39 is 6.03 Å². The topological polar surface area (TPSA) is 126 Å². The van der Waals surface area contributed by atoms with E-state index in [9.17, 15) is 9.59 Å². The van der Waals surface area contributed by atoms with Crippen LogP contribution >= 0.6 is 23.1 Å². The molecule has 2 aromatic heterocycles. The number of amides is 2. The van der Waals surface area contributed by atoms with Crippen molar-refractivity contribution < 1.29 is 9.59 Å². The smallest absolute Gasteiger partial charge is 0.307 e. The molecule has 0 spiro atoms. The molecule has 11 heteroatoms. The molecule has 3 N–H and O–H groups in total. The molecule has 0 bridgehead atoms. The Kier molecular flexibility index (Phi) is 6.62. The van der Waals surface area contributed by atoms with Crippen molar-refractivity contribution in [3.63, 3.8) is 0 Å². The number of ketones is 1. The van der Waals surface area contributed by atoms with Gasteiger partial charge in [-0.15, -0.1) is 21.5 Å². The largest absolute Gasteiger partial charge is 0.325 e. The molecule has 2 amide bonds. The Balaban J connectivity index is 1.41. The predicted octanol–water partition coefficient (Wildman–Crippen LogP) is 4.83. The SMILES string of the molecule is Cc1ccc(NC(=O)Nc2nc(C(C)Sc3nn[nH]n3)cs2)c(C(=O)C2CCCC2)c1. The van der Waals surface area contributed by atoms with Crippen molar-refractivity contribution in [3.05, 3.63) is 40.4 Å². The molecule has 1 aliphatic rings. The van der Waals surface area contributed by atoms with Crippen molar-refractivity contribution in [2.75, 3.05) is 10.6 Å². The first-order valence-electron chi connectivity index (χ1n) is 10.1. The van der Waals surface area contributed by atoms with Gasteiger partial charge in [0.15, 0.2) is 10.9 Å². The number of aryl methyl sites for hydroxylation is 1. The van der Waals surface area contributed by atoms with E-state index in [2.05, 4.69) is 36.2 Å². The summed E-state index contributed by atoms with van der Waals surface area (Å²) >= 11 is 2.75. The number of aromatic amines is 1. The van der Waals surface area contributed by atoms with Gasteiger partial charge in [-0.1, -0.05) is 36.2 Å². The summed E-state index contributed by atoms with van der Waals surface area (Å²) in [6.07, 6.45) is 4.00. The van der Waals surface area contributed by atoms with Crippen LogP contribution in [-0.2, 0) is 0 Å². The van der Waals surface area contributed by atoms with Gasteiger partial charge in [0.1, 0.15) is 0 Å². The van der Waals surface area contributed by atoms with Crippen LogP contribution in [0.2, 0.25) is 0 Å². The summed E-state index contributed by atoms with van der Waals surface area (Å²) in [7, 11) is 0. The highest BCUT2D eigenvalue weighted by Crippen LogP contribution is 2.34. The van der Waals surface area contributed by atoms with E-state index in [-0.39, 0.29) is 17.0 Å². The maximum atomic E-state index is 13.0. The average Bonchev–Trinajstić information content (AvgIpc) is 3.51. The molecule has 3 aromatic rings. The van der Waals surface area contributed by atoms with Crippen molar-refractivity contribution in [1.82, 2.24) is 25.6 Å². The molecule has 1 atom stereocenters. The lowest BCUT2D eigenvalue weighted by Crippen LogP contribution is -2.22. The first kappa shape index (κ1) is 21.4. The number of carbonyl (C=O) groups excluding carboxylic acids is 2. The molecular weight excluding hydrogens is 434 g/mol. The molecule has 1 unspecified atom stereocenters. The molecule has 2 heterocycles. The Morgan fingerprint density at radius 1 is 1.26 bits per heavy atom. The molecule has 1 aromatic carbocycles. The van der Waals surface area contributed by atoms with Gasteiger partial charge < -0.3 is 5.32 Å². The number of nitrogens with zero attached hydrogens (tertiary/aromatic N) is 4. The van der Waals surface area contributed by atoms with E-state index in [0.717, 1.165) is 36.9 Å². The first-order valence-corrected chi connectivity index (χ1v) is 11.8. The number of thioether (sulfide) groups is 1. The fourth-order valence-electron chi connectivity index (χ4n) is 3.58. The van der Waals surface area contributed by atoms with Crippen LogP contribution in [0.1, 0.15) is 59.5 Å². The standard InChI is InChI=1S/C20H23N7O2S2/c1-11-7-8-15(14(9-11)17(28)13-5-3-4-6-13)21-18(29)23-19-22-16(10-30-19)12(2)31-20-24-26-27-25-20/h7-10,12-13H,3-6H2,1-2H3,(H2,21,22,23,29)(H,24,25,26,27). The summed E-state index contributed by atoms with van der Waals surface area (Å²) in [5.41, 5.74) is 2.90. The van der Waals surface area contributed by atoms with E-state index in [1.54, 1.807) is 6.07 Å². The lowest BCUT2D eigenvalue weighted by Gasteiger charge is -2.14. The molecule has 1 fully saturated rings. The van der Waals surface area contributed by atoms with Crippen LogP contribution in [0.15, 0.2) is 28.7 Å². The Labute approximate surface area is 187 Å². The molecule has 0 saturated heterocycles. The maximum absolute atomic E-state index is 13.0. The fraction of sp³-hybridized carbons (Fsp3) is 0.400. The van der Waals surface area contributed by atoms with Crippen molar-refractivity contribution in [3.8, 4) is 0 Å². The normalized spacial score (nSPS) is 15.0. The zero-order valence-electron chi connectivity index (χ0n) is 17.2. The number of hydrogen-bond donors (Lipinski definition) is 3. The zero-order valence-corrected chi connectivity index (χ0v) is 18.8. The Hall–Kier alpha value is -2.79. The molecule has 1 saturated carbocycles. The van der Waals surface area contributed by atoms with Crippen LogP contribution in [0.4, 0.5) is 15.6 Å². The molecule has 9 nitrogen and oxygen atoms in total. The number of benzene rings is 1. The van der Waals surface area contributed by atoms with Gasteiger partial charge in [-0.25, -0.2) is 9.78 Å². The van der Waals surface area contributed by atoms with E-state index in [1.165, 1.54) is 23.1 Å². The number of aromatic nitrogens is 5. The van der Waals surface area contributed by atoms with E-state index in [0.29, 0.717) is 21.5 Å². The van der Waals surface area contributed by atoms with Gasteiger partial charge in [-0.3, -0.25) is 10.1 Å². The number of urea groups is 1. The maximum Gasteiger partial charge on any atom is 0.325 e. The van der Waals surface area contributed by atoms with Crippen LogP contribution in [0, 0.1) is 12.8 Å². The number of thiazole rings is 1. The van der Waals surface area contributed by atoms with Gasteiger partial charge in [0.25, 0.3) is 0 Å². The molecule has 1 aliphatic carbocycles. The summed E-state index contributed by atoms with van der Waals surface area (Å²) in [6, 6.07) is 5.10. The van der Waals surface area contributed by atoms with Crippen LogP contribution in [0.3, 0.4) is 0 Å². The first-order chi connectivity index (χ1) is 15.0. The average molecular weight is 458 g/mol. The Morgan fingerprint density at radius 2 is 2.06 bits per heavy atom. The number of Topliss-reactive ketones (excluding diaryl/α,β-unsaturated/α-hetero) is 1. The fourth-order valence-corrected chi connectivity index (χ4v) is 5.21. The Bertz CT molecular complexity index is 1060. The molecule has 0 aliphatic heterocycles. The van der Waals surface area contributed by atoms with Gasteiger partial charge in [-0.2, -0.15) is 5.21 Å². The van der Waals surface area contributed by atoms with Crippen molar-refractivity contribution in [2.24, 2.45) is 5.92 Å². The van der Waals surface area contributed by atoms with Gasteiger partial charge in [-0.05, 0) is 44.0 Å². The second-order valence-electron chi connectivity index (χ2n) is 7.51. The van der Waals surface area contributed by atoms with Crippen LogP contribution in [0.5, 0.6) is 0 Å². The van der Waals surface area contributed by atoms with Gasteiger partial charge in [0.2, 0.25) is 5.16 Å². The summed E-state index contributed by atoms with van der Waals surface area (Å²) in [4.78, 5) is 30.0. The van der Waals surface area contributed by atoms with Crippen LogP contribution in [-0.4, -0.2) is 37.4 Å². The van der Waals surface area contributed by atoms with Crippen LogP contribution < -0.4 is 10.6 Å². The molecule has 4 rings (SSSR count). The van der Waals surface area contributed by atoms with Crippen LogP contribution in [0.25, 0.3) is 0 Å². The van der Waals surface area contributed by atoms with Crippen molar-refractivity contribution in [1.29, 1.82) is 0 Å². The number of hydrogen-bond acceptors (Lipinski definition) is 8. The summed E-state index contributed by atoms with van der Waals surface area (Å²) in [5, 5.41) is 22.3. The minimum atomic E-state index is -0.427. The highest BCUT2D eigenvalue weighted by atomic mass is 32.2. The quantitative estimate of drug-likeness (QED) is 0.342. The highest BCUT2D eigenvalue weighted by molar-refractivity contribution is 7.99. The summed E-state index contributed by atoms with van der Waals surface area (Å²) < 4.78 is 0. The molecular formula is C20H23N7O2S2. The van der Waals surface area contributed by atoms with Gasteiger partial charge in [0, 0.05) is 16.9 Å². The number of rotatable bonds is 7. The van der Waals surface area contributed by atoms with E-state index in [4.69, 9.17) is 0 Å². The number of carbonyl (C=O) groups is 2. The number of tetrazole rings is 1. The van der Waals surface area contributed by atoms with E-state index in [1.807, 2.05) is 31.4 Å². The monoisotopic (exact) mass is 457 g/mol. The van der Waals surface area contributed by atoms with Gasteiger partial charge in [0.05, 0.1) is 16.6 Å². The van der Waals surface area contributed by atoms with E-state index >= 15 is 0 Å². The lowest BCUT2D eigenvalue weighted by atomic mass is 9.94. The third kappa shape index (κ3) is 5.28. The third-order valence-corrected chi connectivity index (χ3v) is 6.94. The molecule has 0 radical (unpaired) electrons. The lowest BCUT2D eigenvalue weighted by molar-refractivity contribution is 0.0923. The Morgan fingerprint density at radius 3 is 2.81 bits per heavy atom. The third-order valence-electron chi connectivity index (χ3n) is 5.18. The number of H-pyrrole nitrogens is 1. The predicted molar refractivity (Wildman–Crippen MR) is 121 cm³/mol. The zero-order chi connectivity index (χ0) is 21.8. The second-order valence-corrected chi connectivity index (χ2v) is 9.67. The highest BCUT2D eigenvalue weighted by Gasteiger charge is 2.26. The van der Waals surface area contributed by atoms with Crippen molar-refractivity contribution in [2.45, 2.75) is 49.9 Å². The summed E-state index contributed by atoms with van der Waals surface area (Å²) in [5.74, 6) is 0.158. The number of nitrogens with one attached hydrogen (secondary N) is 3.